The highest BCUT2D eigenvalue weighted by atomic mass is 32.2. The maximum absolute atomic E-state index is 13.6. The standard InChI is InChI=1S/C30H33N3O5S/c1-4-6-18-37-29(35)23-24(30(36)38-19-7-5-2)28(39-22-16-12-9-13-17-22)33-25(20(3)31-26(23)33)27(34)32-21-14-10-8-11-15-21/h8-17,31H,4-7,18-19H2,1-3H3,(H,32,34). The summed E-state index contributed by atoms with van der Waals surface area (Å²) in [6.45, 7) is 6.21. The first-order chi connectivity index (χ1) is 19.0. The molecule has 2 aromatic carbocycles. The number of aromatic nitrogens is 2. The van der Waals surface area contributed by atoms with Crippen molar-refractivity contribution in [3.05, 3.63) is 83.2 Å². The van der Waals surface area contributed by atoms with E-state index in [1.54, 1.807) is 23.5 Å². The molecule has 2 heterocycles. The molecule has 0 fully saturated rings. The minimum absolute atomic E-state index is 0.0629. The molecule has 0 spiro atoms. The van der Waals surface area contributed by atoms with Crippen molar-refractivity contribution in [2.45, 2.75) is 56.4 Å². The number of benzene rings is 2. The van der Waals surface area contributed by atoms with E-state index in [-0.39, 0.29) is 35.9 Å². The number of rotatable bonds is 12. The van der Waals surface area contributed by atoms with E-state index in [1.807, 2.05) is 62.4 Å². The van der Waals surface area contributed by atoms with Gasteiger partial charge in [-0.3, -0.25) is 9.20 Å². The SMILES string of the molecule is CCCCOC(=O)c1c(C(=O)OCCCC)c2[nH]c(C)c(C(=O)Nc3ccccc3)n2c1Sc1ccccc1. The molecule has 39 heavy (non-hydrogen) atoms. The molecule has 0 atom stereocenters. The van der Waals surface area contributed by atoms with Crippen LogP contribution < -0.4 is 5.32 Å². The molecule has 0 aliphatic heterocycles. The number of aryl methyl sites for hydroxylation is 1. The van der Waals surface area contributed by atoms with Gasteiger partial charge in [-0.1, -0.05) is 74.8 Å². The number of nitrogens with one attached hydrogen (secondary N) is 2. The van der Waals surface area contributed by atoms with E-state index in [2.05, 4.69) is 10.3 Å². The van der Waals surface area contributed by atoms with Gasteiger partial charge in [0.25, 0.3) is 5.91 Å². The summed E-state index contributed by atoms with van der Waals surface area (Å²) in [6, 6.07) is 18.6. The number of carbonyl (C=O) groups excluding carboxylic acids is 3. The van der Waals surface area contributed by atoms with Crippen molar-refractivity contribution in [1.82, 2.24) is 9.38 Å². The van der Waals surface area contributed by atoms with Crippen molar-refractivity contribution in [2.24, 2.45) is 0 Å². The Labute approximate surface area is 232 Å². The van der Waals surface area contributed by atoms with Gasteiger partial charge in [-0.25, -0.2) is 9.59 Å². The van der Waals surface area contributed by atoms with E-state index in [9.17, 15) is 14.4 Å². The van der Waals surface area contributed by atoms with Crippen molar-refractivity contribution in [3.8, 4) is 0 Å². The van der Waals surface area contributed by atoms with Crippen LogP contribution in [-0.4, -0.2) is 40.4 Å². The number of H-pyrrole nitrogens is 1. The van der Waals surface area contributed by atoms with Gasteiger partial charge in [-0.15, -0.1) is 0 Å². The molecule has 0 saturated carbocycles. The molecule has 1 amide bonds. The van der Waals surface area contributed by atoms with E-state index in [4.69, 9.17) is 9.47 Å². The number of unbranched alkanes of at least 4 members (excludes halogenated alkanes) is 2. The fraction of sp³-hybridized carbons (Fsp3) is 0.300. The summed E-state index contributed by atoms with van der Waals surface area (Å²) in [6.07, 6.45) is 3.09. The Morgan fingerprint density at radius 1 is 0.846 bits per heavy atom. The lowest BCUT2D eigenvalue weighted by Crippen LogP contribution is -2.16. The van der Waals surface area contributed by atoms with Crippen LogP contribution in [0.2, 0.25) is 0 Å². The summed E-state index contributed by atoms with van der Waals surface area (Å²) in [5, 5.41) is 3.32. The molecule has 9 heteroatoms. The zero-order chi connectivity index (χ0) is 27.8. The fourth-order valence-corrected chi connectivity index (χ4v) is 5.20. The molecule has 204 valence electrons. The van der Waals surface area contributed by atoms with Gasteiger partial charge < -0.3 is 19.8 Å². The molecule has 2 aromatic heterocycles. The number of para-hydroxylation sites is 1. The highest BCUT2D eigenvalue weighted by Crippen LogP contribution is 2.38. The second-order valence-corrected chi connectivity index (χ2v) is 10.1. The summed E-state index contributed by atoms with van der Waals surface area (Å²) in [5.41, 5.74) is 1.91. The van der Waals surface area contributed by atoms with Gasteiger partial charge in [0, 0.05) is 16.3 Å². The number of nitrogens with zero attached hydrogens (tertiary/aromatic N) is 1. The Hall–Kier alpha value is -3.98. The second kappa shape index (κ2) is 13.2. The van der Waals surface area contributed by atoms with Gasteiger partial charge in [0.05, 0.1) is 13.2 Å². The summed E-state index contributed by atoms with van der Waals surface area (Å²) < 4.78 is 12.8. The molecular formula is C30H33N3O5S. The first-order valence-electron chi connectivity index (χ1n) is 13.2. The summed E-state index contributed by atoms with van der Waals surface area (Å²) in [4.78, 5) is 44.6. The van der Waals surface area contributed by atoms with Crippen LogP contribution in [0.25, 0.3) is 5.65 Å². The molecule has 2 N–H and O–H groups in total. The summed E-state index contributed by atoms with van der Waals surface area (Å²) in [7, 11) is 0. The number of hydrogen-bond donors (Lipinski definition) is 2. The van der Waals surface area contributed by atoms with E-state index in [0.717, 1.165) is 17.7 Å². The van der Waals surface area contributed by atoms with E-state index < -0.39 is 11.9 Å². The molecule has 0 bridgehead atoms. The average molecular weight is 548 g/mol. The van der Waals surface area contributed by atoms with Crippen molar-refractivity contribution in [3.63, 3.8) is 0 Å². The molecule has 4 aromatic rings. The summed E-state index contributed by atoms with van der Waals surface area (Å²) in [5.74, 6) is -1.65. The number of carbonyl (C=O) groups is 3. The fourth-order valence-electron chi connectivity index (χ4n) is 4.12. The molecule has 0 aliphatic rings. The number of aromatic amines is 1. The van der Waals surface area contributed by atoms with Crippen molar-refractivity contribution in [1.29, 1.82) is 0 Å². The number of ether oxygens (including phenoxy) is 2. The molecule has 0 radical (unpaired) electrons. The largest absolute Gasteiger partial charge is 0.462 e. The lowest BCUT2D eigenvalue weighted by molar-refractivity contribution is 0.0452. The number of hydrogen-bond acceptors (Lipinski definition) is 6. The van der Waals surface area contributed by atoms with Crippen LogP contribution in [0, 0.1) is 6.92 Å². The van der Waals surface area contributed by atoms with Crippen LogP contribution in [0.4, 0.5) is 5.69 Å². The molecule has 8 nitrogen and oxygen atoms in total. The van der Waals surface area contributed by atoms with Crippen LogP contribution in [0.15, 0.2) is 70.6 Å². The lowest BCUT2D eigenvalue weighted by Gasteiger charge is -2.11. The molecular weight excluding hydrogens is 514 g/mol. The van der Waals surface area contributed by atoms with Crippen molar-refractivity contribution < 1.29 is 23.9 Å². The van der Waals surface area contributed by atoms with Gasteiger partial charge in [0.15, 0.2) is 0 Å². The monoisotopic (exact) mass is 547 g/mol. The van der Waals surface area contributed by atoms with Gasteiger partial charge in [0.2, 0.25) is 0 Å². The first kappa shape index (κ1) is 28.0. The quantitative estimate of drug-likeness (QED) is 0.148. The topological polar surface area (TPSA) is 102 Å². The highest BCUT2D eigenvalue weighted by molar-refractivity contribution is 7.99. The van der Waals surface area contributed by atoms with Crippen LogP contribution in [-0.2, 0) is 9.47 Å². The number of esters is 2. The Morgan fingerprint density at radius 2 is 1.41 bits per heavy atom. The Balaban J connectivity index is 1.92. The number of amides is 1. The normalized spacial score (nSPS) is 10.9. The summed E-state index contributed by atoms with van der Waals surface area (Å²) >= 11 is 1.28. The average Bonchev–Trinajstić information content (AvgIpc) is 3.42. The number of imidazole rings is 1. The van der Waals surface area contributed by atoms with E-state index >= 15 is 0 Å². The third-order valence-electron chi connectivity index (χ3n) is 6.09. The predicted octanol–water partition coefficient (Wildman–Crippen LogP) is 6.89. The predicted molar refractivity (Wildman–Crippen MR) is 152 cm³/mol. The van der Waals surface area contributed by atoms with Gasteiger partial charge in [-0.2, -0.15) is 0 Å². The Kier molecular flexibility index (Phi) is 9.49. The van der Waals surface area contributed by atoms with Gasteiger partial charge in [-0.05, 0) is 44.0 Å². The van der Waals surface area contributed by atoms with Crippen LogP contribution in [0.3, 0.4) is 0 Å². The third kappa shape index (κ3) is 6.37. The maximum Gasteiger partial charge on any atom is 0.342 e. The molecule has 0 saturated heterocycles. The smallest absolute Gasteiger partial charge is 0.342 e. The highest BCUT2D eigenvalue weighted by Gasteiger charge is 2.35. The van der Waals surface area contributed by atoms with E-state index in [1.165, 1.54) is 11.8 Å². The lowest BCUT2D eigenvalue weighted by atomic mass is 10.2. The number of anilines is 1. The maximum atomic E-state index is 13.6. The molecule has 4 rings (SSSR count). The zero-order valence-electron chi connectivity index (χ0n) is 22.4. The number of fused-ring (bicyclic) bond motifs is 1. The van der Waals surface area contributed by atoms with Crippen molar-refractivity contribution >= 4 is 40.9 Å². The van der Waals surface area contributed by atoms with Crippen LogP contribution in [0.5, 0.6) is 0 Å². The zero-order valence-corrected chi connectivity index (χ0v) is 23.2. The Bertz CT molecular complexity index is 1440. The van der Waals surface area contributed by atoms with Crippen molar-refractivity contribution in [2.75, 3.05) is 18.5 Å². The van der Waals surface area contributed by atoms with E-state index in [0.29, 0.717) is 34.9 Å². The minimum atomic E-state index is -0.639. The minimum Gasteiger partial charge on any atom is -0.462 e. The third-order valence-corrected chi connectivity index (χ3v) is 7.17. The van der Waals surface area contributed by atoms with Crippen LogP contribution >= 0.6 is 11.8 Å². The first-order valence-corrected chi connectivity index (χ1v) is 14.0. The Morgan fingerprint density at radius 3 is 2.00 bits per heavy atom. The second-order valence-electron chi connectivity index (χ2n) is 9.05. The molecule has 0 aliphatic carbocycles. The van der Waals surface area contributed by atoms with Crippen LogP contribution in [0.1, 0.15) is 76.4 Å². The molecule has 0 unspecified atom stereocenters. The van der Waals surface area contributed by atoms with Gasteiger partial charge in [0.1, 0.15) is 27.5 Å². The van der Waals surface area contributed by atoms with Gasteiger partial charge >= 0.3 is 11.9 Å².